The molecule has 0 aliphatic rings. The number of nitrogens with zero attached hydrogens (tertiary/aromatic N) is 2. The van der Waals surface area contributed by atoms with Gasteiger partial charge >= 0.3 is 0 Å². The van der Waals surface area contributed by atoms with Gasteiger partial charge in [0.05, 0.1) is 17.4 Å². The zero-order valence-electron chi connectivity index (χ0n) is 11.7. The molecule has 0 radical (unpaired) electrons. The number of hydrogen-bond acceptors (Lipinski definition) is 2. The molecule has 102 valence electrons. The SMILES string of the molecule is CCc1cc(C(Cc2ccccc2Cl)NC)n(C)n1. The van der Waals surface area contributed by atoms with E-state index in [9.17, 15) is 0 Å². The van der Waals surface area contributed by atoms with E-state index in [2.05, 4.69) is 29.5 Å². The van der Waals surface area contributed by atoms with Crippen molar-refractivity contribution in [2.24, 2.45) is 7.05 Å². The summed E-state index contributed by atoms with van der Waals surface area (Å²) in [5.41, 5.74) is 3.47. The average Bonchev–Trinajstić information content (AvgIpc) is 2.79. The fraction of sp³-hybridized carbons (Fsp3) is 0.400. The molecule has 1 atom stereocenters. The van der Waals surface area contributed by atoms with Crippen LogP contribution in [0.15, 0.2) is 30.3 Å². The maximum atomic E-state index is 6.23. The Bertz CT molecular complexity index is 548. The first-order chi connectivity index (χ1) is 9.15. The van der Waals surface area contributed by atoms with Crippen molar-refractivity contribution in [2.45, 2.75) is 25.8 Å². The lowest BCUT2D eigenvalue weighted by Gasteiger charge is -2.17. The van der Waals surface area contributed by atoms with Crippen LogP contribution in [0.4, 0.5) is 0 Å². The van der Waals surface area contributed by atoms with Crippen molar-refractivity contribution in [3.63, 3.8) is 0 Å². The smallest absolute Gasteiger partial charge is 0.0625 e. The van der Waals surface area contributed by atoms with E-state index in [0.717, 1.165) is 29.1 Å². The van der Waals surface area contributed by atoms with Gasteiger partial charge in [-0.1, -0.05) is 36.7 Å². The van der Waals surface area contributed by atoms with Crippen LogP contribution < -0.4 is 5.32 Å². The highest BCUT2D eigenvalue weighted by atomic mass is 35.5. The van der Waals surface area contributed by atoms with Crippen LogP contribution in [0, 0.1) is 0 Å². The third-order valence-electron chi connectivity index (χ3n) is 3.42. The van der Waals surface area contributed by atoms with Crippen molar-refractivity contribution in [3.05, 3.63) is 52.3 Å². The molecule has 1 aromatic heterocycles. The van der Waals surface area contributed by atoms with Crippen LogP contribution >= 0.6 is 11.6 Å². The molecule has 1 aromatic carbocycles. The minimum absolute atomic E-state index is 0.220. The van der Waals surface area contributed by atoms with Crippen LogP contribution in [0.25, 0.3) is 0 Å². The van der Waals surface area contributed by atoms with Crippen molar-refractivity contribution in [1.29, 1.82) is 0 Å². The minimum atomic E-state index is 0.220. The molecule has 0 aliphatic heterocycles. The molecule has 2 aromatic rings. The Hall–Kier alpha value is -1.32. The summed E-state index contributed by atoms with van der Waals surface area (Å²) in [4.78, 5) is 0. The van der Waals surface area contributed by atoms with E-state index in [1.165, 1.54) is 5.69 Å². The molecule has 2 rings (SSSR count). The molecule has 0 saturated heterocycles. The van der Waals surface area contributed by atoms with E-state index in [-0.39, 0.29) is 6.04 Å². The summed E-state index contributed by atoms with van der Waals surface area (Å²) in [6.45, 7) is 2.12. The fourth-order valence-corrected chi connectivity index (χ4v) is 2.49. The van der Waals surface area contributed by atoms with Crippen LogP contribution in [0.5, 0.6) is 0 Å². The van der Waals surface area contributed by atoms with Gasteiger partial charge in [-0.2, -0.15) is 5.10 Å². The molecule has 0 spiro atoms. The van der Waals surface area contributed by atoms with Gasteiger partial charge in [-0.15, -0.1) is 0 Å². The van der Waals surface area contributed by atoms with Gasteiger partial charge in [0.1, 0.15) is 0 Å². The first-order valence-corrected chi connectivity index (χ1v) is 6.97. The van der Waals surface area contributed by atoms with Crippen LogP contribution in [0.3, 0.4) is 0 Å². The second-order valence-electron chi connectivity index (χ2n) is 4.67. The Morgan fingerprint density at radius 3 is 2.68 bits per heavy atom. The van der Waals surface area contributed by atoms with Crippen molar-refractivity contribution < 1.29 is 0 Å². The van der Waals surface area contributed by atoms with Crippen LogP contribution in [0.2, 0.25) is 5.02 Å². The van der Waals surface area contributed by atoms with Crippen LogP contribution in [-0.4, -0.2) is 16.8 Å². The fourth-order valence-electron chi connectivity index (χ4n) is 2.28. The molecular weight excluding hydrogens is 258 g/mol. The highest BCUT2D eigenvalue weighted by molar-refractivity contribution is 6.31. The van der Waals surface area contributed by atoms with Gasteiger partial charge in [-0.05, 0) is 37.6 Å². The maximum Gasteiger partial charge on any atom is 0.0625 e. The third-order valence-corrected chi connectivity index (χ3v) is 3.78. The number of nitrogens with one attached hydrogen (secondary N) is 1. The summed E-state index contributed by atoms with van der Waals surface area (Å²) in [5, 5.41) is 8.68. The third kappa shape index (κ3) is 3.17. The second kappa shape index (κ2) is 6.22. The predicted molar refractivity (Wildman–Crippen MR) is 79.5 cm³/mol. The Morgan fingerprint density at radius 1 is 1.37 bits per heavy atom. The molecule has 0 saturated carbocycles. The number of rotatable bonds is 5. The Morgan fingerprint density at radius 2 is 2.11 bits per heavy atom. The monoisotopic (exact) mass is 277 g/mol. The molecule has 0 fully saturated rings. The summed E-state index contributed by atoms with van der Waals surface area (Å²) in [6, 6.07) is 10.4. The largest absolute Gasteiger partial charge is 0.311 e. The lowest BCUT2D eigenvalue weighted by Crippen LogP contribution is -2.21. The zero-order valence-corrected chi connectivity index (χ0v) is 12.4. The molecule has 0 amide bonds. The number of aryl methyl sites for hydroxylation is 2. The molecule has 1 N–H and O–H groups in total. The molecule has 0 bridgehead atoms. The van der Waals surface area contributed by atoms with Crippen molar-refractivity contribution in [1.82, 2.24) is 15.1 Å². The van der Waals surface area contributed by atoms with E-state index >= 15 is 0 Å². The molecule has 1 heterocycles. The van der Waals surface area contributed by atoms with E-state index in [1.54, 1.807) is 0 Å². The summed E-state index contributed by atoms with van der Waals surface area (Å²) < 4.78 is 1.96. The summed E-state index contributed by atoms with van der Waals surface area (Å²) >= 11 is 6.23. The number of halogens is 1. The Kier molecular flexibility index (Phi) is 4.61. The number of hydrogen-bond donors (Lipinski definition) is 1. The first kappa shape index (κ1) is 14.1. The van der Waals surface area contributed by atoms with Crippen molar-refractivity contribution >= 4 is 11.6 Å². The predicted octanol–water partition coefficient (Wildman–Crippen LogP) is 3.14. The Balaban J connectivity index is 2.25. The van der Waals surface area contributed by atoms with E-state index in [0.29, 0.717) is 0 Å². The van der Waals surface area contributed by atoms with Gasteiger partial charge in [0.2, 0.25) is 0 Å². The summed E-state index contributed by atoms with van der Waals surface area (Å²) in [6.07, 6.45) is 1.81. The summed E-state index contributed by atoms with van der Waals surface area (Å²) in [7, 11) is 3.96. The molecule has 1 unspecified atom stereocenters. The van der Waals surface area contributed by atoms with E-state index < -0.39 is 0 Å². The highest BCUT2D eigenvalue weighted by Crippen LogP contribution is 2.23. The van der Waals surface area contributed by atoms with Gasteiger partial charge in [-0.3, -0.25) is 4.68 Å². The maximum absolute atomic E-state index is 6.23. The van der Waals surface area contributed by atoms with Gasteiger partial charge in [0.25, 0.3) is 0 Å². The zero-order chi connectivity index (χ0) is 13.8. The van der Waals surface area contributed by atoms with Gasteiger partial charge in [0, 0.05) is 12.1 Å². The topological polar surface area (TPSA) is 29.9 Å². The molecule has 4 heteroatoms. The lowest BCUT2D eigenvalue weighted by molar-refractivity contribution is 0.537. The van der Waals surface area contributed by atoms with Crippen LogP contribution in [-0.2, 0) is 19.9 Å². The quantitative estimate of drug-likeness (QED) is 0.910. The van der Waals surface area contributed by atoms with E-state index in [1.807, 2.05) is 37.0 Å². The second-order valence-corrected chi connectivity index (χ2v) is 5.08. The average molecular weight is 278 g/mol. The molecule has 19 heavy (non-hydrogen) atoms. The van der Waals surface area contributed by atoms with Gasteiger partial charge < -0.3 is 5.32 Å². The number of aromatic nitrogens is 2. The van der Waals surface area contributed by atoms with Crippen LogP contribution in [0.1, 0.15) is 29.9 Å². The molecular formula is C15H20ClN3. The van der Waals surface area contributed by atoms with Crippen molar-refractivity contribution in [2.75, 3.05) is 7.05 Å². The highest BCUT2D eigenvalue weighted by Gasteiger charge is 2.16. The first-order valence-electron chi connectivity index (χ1n) is 6.59. The normalized spacial score (nSPS) is 12.6. The summed E-state index contributed by atoms with van der Waals surface area (Å²) in [5.74, 6) is 0. The van der Waals surface area contributed by atoms with Crippen molar-refractivity contribution in [3.8, 4) is 0 Å². The minimum Gasteiger partial charge on any atom is -0.311 e. The molecule has 3 nitrogen and oxygen atoms in total. The standard InChI is InChI=1S/C15H20ClN3/c1-4-12-10-15(19(3)18-12)14(17-2)9-11-7-5-6-8-13(11)16/h5-8,10,14,17H,4,9H2,1-3H3. The lowest BCUT2D eigenvalue weighted by atomic mass is 10.0. The van der Waals surface area contributed by atoms with E-state index in [4.69, 9.17) is 11.6 Å². The number of benzene rings is 1. The number of likely N-dealkylation sites (N-methyl/N-ethyl adjacent to an activating group) is 1. The van der Waals surface area contributed by atoms with Gasteiger partial charge in [0.15, 0.2) is 0 Å². The Labute approximate surface area is 119 Å². The van der Waals surface area contributed by atoms with Gasteiger partial charge in [-0.25, -0.2) is 0 Å². The molecule has 0 aliphatic carbocycles.